The third-order valence-corrected chi connectivity index (χ3v) is 8.77. The number of amides is 1. The average Bonchev–Trinajstić information content (AvgIpc) is 3.30. The number of aromatic nitrogens is 3. The Kier molecular flexibility index (Phi) is 6.33. The maximum atomic E-state index is 13.8. The molecule has 0 saturated heterocycles. The maximum Gasteiger partial charge on any atom is 0.335 e. The monoisotopic (exact) mass is 582 g/mol. The Labute approximate surface area is 246 Å². The highest BCUT2D eigenvalue weighted by Crippen LogP contribution is 2.47. The number of primary amides is 1. The van der Waals surface area contributed by atoms with Crippen molar-refractivity contribution in [3.63, 3.8) is 0 Å². The summed E-state index contributed by atoms with van der Waals surface area (Å²) >= 11 is 6.98. The van der Waals surface area contributed by atoms with Gasteiger partial charge >= 0.3 is 5.69 Å². The Bertz CT molecular complexity index is 2130. The van der Waals surface area contributed by atoms with Crippen molar-refractivity contribution >= 4 is 44.9 Å². The zero-order chi connectivity index (χ0) is 30.2. The lowest BCUT2D eigenvalue weighted by atomic mass is 9.81. The van der Waals surface area contributed by atoms with Crippen molar-refractivity contribution in [1.82, 2.24) is 14.1 Å². The molecule has 0 saturated carbocycles. The van der Waals surface area contributed by atoms with Crippen LogP contribution in [0.2, 0.25) is 0 Å². The molecule has 9 heteroatoms. The summed E-state index contributed by atoms with van der Waals surface area (Å²) in [4.78, 5) is 43.3. The number of carbonyl (C=O) groups is 1. The Balaban J connectivity index is 1.64. The number of rotatable bonds is 4. The minimum absolute atomic E-state index is 0.199. The predicted molar refractivity (Wildman–Crippen MR) is 166 cm³/mol. The second kappa shape index (κ2) is 9.58. The van der Waals surface area contributed by atoms with E-state index in [1.807, 2.05) is 44.2 Å². The van der Waals surface area contributed by atoms with E-state index in [1.165, 1.54) is 9.13 Å². The van der Waals surface area contributed by atoms with Gasteiger partial charge in [-0.2, -0.15) is 0 Å². The van der Waals surface area contributed by atoms with Crippen LogP contribution >= 0.6 is 11.6 Å². The van der Waals surface area contributed by atoms with Crippen LogP contribution in [-0.4, -0.2) is 25.1 Å². The number of aliphatic hydroxyl groups is 1. The summed E-state index contributed by atoms with van der Waals surface area (Å²) in [5.41, 5.74) is 10.7. The van der Waals surface area contributed by atoms with Crippen LogP contribution in [0, 0.1) is 13.8 Å². The Morgan fingerprint density at radius 2 is 1.79 bits per heavy atom. The van der Waals surface area contributed by atoms with Gasteiger partial charge in [0.05, 0.1) is 28.1 Å². The molecule has 1 aliphatic carbocycles. The highest BCUT2D eigenvalue weighted by Gasteiger charge is 2.35. The number of aromatic amines is 1. The van der Waals surface area contributed by atoms with Gasteiger partial charge in [-0.1, -0.05) is 48.0 Å². The van der Waals surface area contributed by atoms with Crippen LogP contribution < -0.4 is 17.0 Å². The van der Waals surface area contributed by atoms with Crippen molar-refractivity contribution in [3.8, 4) is 5.69 Å². The average molecular weight is 583 g/mol. The minimum Gasteiger partial charge on any atom is -0.386 e. The van der Waals surface area contributed by atoms with E-state index in [4.69, 9.17) is 17.3 Å². The zero-order valence-electron chi connectivity index (χ0n) is 24.0. The van der Waals surface area contributed by atoms with Gasteiger partial charge < -0.3 is 15.8 Å². The van der Waals surface area contributed by atoms with E-state index in [9.17, 15) is 19.5 Å². The van der Waals surface area contributed by atoms with Crippen molar-refractivity contribution in [2.75, 3.05) is 0 Å². The van der Waals surface area contributed by atoms with E-state index in [0.717, 1.165) is 27.6 Å². The molecule has 214 valence electrons. The minimum atomic E-state index is -1.07. The van der Waals surface area contributed by atoms with Gasteiger partial charge in [-0.15, -0.1) is 0 Å². The molecule has 0 radical (unpaired) electrons. The molecule has 0 aliphatic heterocycles. The first-order valence-electron chi connectivity index (χ1n) is 13.7. The number of para-hydroxylation sites is 1. The molecule has 2 aromatic heterocycles. The lowest BCUT2D eigenvalue weighted by molar-refractivity contribution is -0.119. The first-order chi connectivity index (χ1) is 19.8. The standard InChI is InChI=1S/C33H31ClN4O4/c1-16-8-6-10-21-29(16)37(5)32(41)38(31(21)40)25-11-7-9-19(17(25)2)26-23(34)15-22(30(35)39)28-27(26)20-13-12-18(33(3,4)42)14-24(20)36-28/h6-14,22,36,42H,15H2,1-5H3,(H2,35,39)/t22-/m0/s1. The lowest BCUT2D eigenvalue weighted by Crippen LogP contribution is -2.38. The van der Waals surface area contributed by atoms with Gasteiger partial charge in [0.15, 0.2) is 0 Å². The summed E-state index contributed by atoms with van der Waals surface area (Å²) in [6, 6.07) is 16.5. The molecule has 4 N–H and O–H groups in total. The summed E-state index contributed by atoms with van der Waals surface area (Å²) in [6.07, 6.45) is 0.199. The lowest BCUT2D eigenvalue weighted by Gasteiger charge is -2.25. The van der Waals surface area contributed by atoms with Crippen LogP contribution in [0.15, 0.2) is 69.2 Å². The number of allylic oxidation sites excluding steroid dienone is 1. The number of aryl methyl sites for hydroxylation is 2. The summed E-state index contributed by atoms with van der Waals surface area (Å²) in [7, 11) is 1.66. The van der Waals surface area contributed by atoms with Crippen molar-refractivity contribution in [2.24, 2.45) is 12.8 Å². The van der Waals surface area contributed by atoms with Gasteiger partial charge in [-0.05, 0) is 68.1 Å². The van der Waals surface area contributed by atoms with Crippen LogP contribution in [0.4, 0.5) is 0 Å². The molecule has 2 heterocycles. The Hall–Kier alpha value is -4.40. The molecule has 0 unspecified atom stereocenters. The number of hydrogen-bond acceptors (Lipinski definition) is 4. The number of halogens is 1. The Morgan fingerprint density at radius 3 is 2.48 bits per heavy atom. The topological polar surface area (TPSA) is 123 Å². The number of nitrogens with one attached hydrogen (secondary N) is 1. The van der Waals surface area contributed by atoms with Gasteiger partial charge in [-0.25, -0.2) is 9.36 Å². The summed E-state index contributed by atoms with van der Waals surface area (Å²) in [5, 5.41) is 12.3. The van der Waals surface area contributed by atoms with E-state index in [-0.39, 0.29) is 6.42 Å². The normalized spacial score (nSPS) is 15.5. The van der Waals surface area contributed by atoms with Crippen LogP contribution in [0.5, 0.6) is 0 Å². The van der Waals surface area contributed by atoms with E-state index >= 15 is 0 Å². The molecule has 6 rings (SSSR count). The molecule has 0 bridgehead atoms. The fraction of sp³-hybridized carbons (Fsp3) is 0.242. The molecule has 0 fully saturated rings. The van der Waals surface area contributed by atoms with Crippen LogP contribution in [0.25, 0.3) is 33.1 Å². The summed E-state index contributed by atoms with van der Waals surface area (Å²) < 4.78 is 2.70. The first-order valence-corrected chi connectivity index (χ1v) is 14.1. The quantitative estimate of drug-likeness (QED) is 0.276. The van der Waals surface area contributed by atoms with E-state index in [0.29, 0.717) is 44.0 Å². The molecule has 8 nitrogen and oxygen atoms in total. The highest BCUT2D eigenvalue weighted by molar-refractivity contribution is 6.34. The molecule has 0 spiro atoms. The molecule has 1 atom stereocenters. The van der Waals surface area contributed by atoms with Crippen molar-refractivity contribution < 1.29 is 9.90 Å². The smallest absolute Gasteiger partial charge is 0.335 e. The second-order valence-electron chi connectivity index (χ2n) is 11.6. The third-order valence-electron chi connectivity index (χ3n) is 8.43. The highest BCUT2D eigenvalue weighted by atomic mass is 35.5. The molecule has 1 amide bonds. The largest absolute Gasteiger partial charge is 0.386 e. The number of H-pyrrole nitrogens is 1. The van der Waals surface area contributed by atoms with Crippen LogP contribution in [-0.2, 0) is 17.4 Å². The van der Waals surface area contributed by atoms with E-state index in [2.05, 4.69) is 4.98 Å². The first kappa shape index (κ1) is 27.8. The van der Waals surface area contributed by atoms with Gasteiger partial charge in [0.25, 0.3) is 5.56 Å². The predicted octanol–water partition coefficient (Wildman–Crippen LogP) is 4.99. The van der Waals surface area contributed by atoms with Crippen molar-refractivity contribution in [2.45, 2.75) is 45.6 Å². The maximum absolute atomic E-state index is 13.8. The molecule has 42 heavy (non-hydrogen) atoms. The van der Waals surface area contributed by atoms with Gasteiger partial charge in [0, 0.05) is 46.2 Å². The van der Waals surface area contributed by atoms with E-state index < -0.39 is 28.7 Å². The number of nitrogens with two attached hydrogens (primary N) is 1. The Morgan fingerprint density at radius 1 is 1.07 bits per heavy atom. The number of fused-ring (bicyclic) bond motifs is 4. The number of nitrogens with zero attached hydrogens (tertiary/aromatic N) is 2. The SMILES string of the molecule is Cc1c(C2=C(Cl)C[C@H](C(N)=O)c3[nH]c4cc(C(C)(C)O)ccc4c32)cccc1-n1c(=O)c2cccc(C)c2n(C)c1=O. The van der Waals surface area contributed by atoms with Gasteiger partial charge in [0.2, 0.25) is 5.91 Å². The molecule has 1 aliphatic rings. The van der Waals surface area contributed by atoms with Crippen molar-refractivity contribution in [1.29, 1.82) is 0 Å². The van der Waals surface area contributed by atoms with Crippen LogP contribution in [0.3, 0.4) is 0 Å². The molecule has 5 aromatic rings. The number of benzene rings is 3. The fourth-order valence-corrected chi connectivity index (χ4v) is 6.60. The zero-order valence-corrected chi connectivity index (χ0v) is 24.8. The second-order valence-corrected chi connectivity index (χ2v) is 12.0. The third kappa shape index (κ3) is 4.05. The molecular formula is C33H31ClN4O4. The van der Waals surface area contributed by atoms with Crippen molar-refractivity contribution in [3.05, 3.63) is 114 Å². The van der Waals surface area contributed by atoms with Gasteiger partial charge in [0.1, 0.15) is 0 Å². The summed E-state index contributed by atoms with van der Waals surface area (Å²) in [5.74, 6) is -1.17. The number of hydrogen-bond donors (Lipinski definition) is 3. The van der Waals surface area contributed by atoms with Gasteiger partial charge in [-0.3, -0.25) is 14.2 Å². The van der Waals surface area contributed by atoms with Crippen LogP contribution in [0.1, 0.15) is 59.7 Å². The molecule has 3 aromatic carbocycles. The summed E-state index contributed by atoms with van der Waals surface area (Å²) in [6.45, 7) is 7.15. The molecular weight excluding hydrogens is 552 g/mol. The number of carbonyl (C=O) groups excluding carboxylic acids is 1. The fourth-order valence-electron chi connectivity index (χ4n) is 6.25. The van der Waals surface area contributed by atoms with E-state index in [1.54, 1.807) is 45.2 Å².